The lowest BCUT2D eigenvalue weighted by atomic mass is 10.1. The van der Waals surface area contributed by atoms with Crippen molar-refractivity contribution in [1.29, 1.82) is 0 Å². The number of carboxylic acids is 1. The Labute approximate surface area is 104 Å². The Morgan fingerprint density at radius 1 is 1.44 bits per heavy atom. The smallest absolute Gasteiger partial charge is 0.352 e. The van der Waals surface area contributed by atoms with Crippen LogP contribution in [-0.4, -0.2) is 30.0 Å². The van der Waals surface area contributed by atoms with Crippen LogP contribution in [0.2, 0.25) is 0 Å². The fourth-order valence-corrected chi connectivity index (χ4v) is 2.07. The molecule has 1 heterocycles. The zero-order chi connectivity index (χ0) is 13.1. The molecule has 0 unspecified atom stereocenters. The van der Waals surface area contributed by atoms with Crippen molar-refractivity contribution < 1.29 is 19.4 Å². The number of nitrogens with one attached hydrogen (secondary N) is 1. The van der Waals surface area contributed by atoms with Gasteiger partial charge in [0.25, 0.3) is 0 Å². The summed E-state index contributed by atoms with van der Waals surface area (Å²) < 4.78 is 10.1. The number of fused-ring (bicyclic) bond motifs is 1. The van der Waals surface area contributed by atoms with E-state index in [9.17, 15) is 4.79 Å². The van der Waals surface area contributed by atoms with Crippen LogP contribution < -0.4 is 0 Å². The molecular formula is C13H15NO4. The average molecular weight is 249 g/mol. The molecule has 0 bridgehead atoms. The zero-order valence-electron chi connectivity index (χ0n) is 10.3. The van der Waals surface area contributed by atoms with Gasteiger partial charge in [-0.15, -0.1) is 0 Å². The standard InChI is InChI=1S/C13H15NO4/c1-8-11-9(6-18-7-17-2)4-3-5-10(11)14-12(8)13(15)16/h3-5,14H,6-7H2,1-2H3,(H,15,16). The van der Waals surface area contributed by atoms with Crippen LogP contribution >= 0.6 is 0 Å². The van der Waals surface area contributed by atoms with Crippen molar-refractivity contribution in [1.82, 2.24) is 4.98 Å². The molecule has 0 amide bonds. The van der Waals surface area contributed by atoms with Gasteiger partial charge in [-0.1, -0.05) is 12.1 Å². The Morgan fingerprint density at radius 3 is 2.89 bits per heavy atom. The van der Waals surface area contributed by atoms with Gasteiger partial charge in [-0.05, 0) is 24.1 Å². The average Bonchev–Trinajstić information content (AvgIpc) is 2.68. The number of H-pyrrole nitrogens is 1. The van der Waals surface area contributed by atoms with Gasteiger partial charge in [0.1, 0.15) is 12.5 Å². The van der Waals surface area contributed by atoms with E-state index in [2.05, 4.69) is 4.98 Å². The van der Waals surface area contributed by atoms with Gasteiger partial charge in [-0.2, -0.15) is 0 Å². The van der Waals surface area contributed by atoms with Crippen molar-refractivity contribution >= 4 is 16.9 Å². The molecule has 2 rings (SSSR count). The SMILES string of the molecule is COCOCc1cccc2[nH]c(C(=O)O)c(C)c12. The highest BCUT2D eigenvalue weighted by atomic mass is 16.7. The van der Waals surface area contributed by atoms with Crippen LogP contribution in [0.4, 0.5) is 0 Å². The maximum absolute atomic E-state index is 11.1. The second-order valence-electron chi connectivity index (χ2n) is 4.02. The molecule has 0 radical (unpaired) electrons. The summed E-state index contributed by atoms with van der Waals surface area (Å²) in [4.78, 5) is 14.0. The third-order valence-corrected chi connectivity index (χ3v) is 2.83. The van der Waals surface area contributed by atoms with Gasteiger partial charge in [-0.25, -0.2) is 4.79 Å². The Kier molecular flexibility index (Phi) is 3.64. The Morgan fingerprint density at radius 2 is 2.22 bits per heavy atom. The molecule has 5 nitrogen and oxygen atoms in total. The molecule has 0 spiro atoms. The van der Waals surface area contributed by atoms with E-state index in [-0.39, 0.29) is 12.5 Å². The first-order valence-corrected chi connectivity index (χ1v) is 5.55. The van der Waals surface area contributed by atoms with E-state index >= 15 is 0 Å². The number of aromatic carboxylic acids is 1. The van der Waals surface area contributed by atoms with Crippen LogP contribution in [0.3, 0.4) is 0 Å². The summed E-state index contributed by atoms with van der Waals surface area (Å²) in [5.41, 5.74) is 2.72. The highest BCUT2D eigenvalue weighted by Gasteiger charge is 2.15. The summed E-state index contributed by atoms with van der Waals surface area (Å²) in [7, 11) is 1.56. The molecular weight excluding hydrogens is 234 g/mol. The van der Waals surface area contributed by atoms with Crippen LogP contribution in [0, 0.1) is 6.92 Å². The van der Waals surface area contributed by atoms with Gasteiger partial charge in [0.15, 0.2) is 0 Å². The summed E-state index contributed by atoms with van der Waals surface area (Å²) in [5.74, 6) is -0.951. The number of ether oxygens (including phenoxy) is 2. The van der Waals surface area contributed by atoms with Crippen molar-refractivity contribution in [2.24, 2.45) is 0 Å². The summed E-state index contributed by atoms with van der Waals surface area (Å²) >= 11 is 0. The molecule has 2 aromatic rings. The van der Waals surface area contributed by atoms with Gasteiger partial charge in [0.2, 0.25) is 0 Å². The van der Waals surface area contributed by atoms with Crippen LogP contribution in [-0.2, 0) is 16.1 Å². The summed E-state index contributed by atoms with van der Waals surface area (Å²) in [6.45, 7) is 2.40. The van der Waals surface area contributed by atoms with E-state index in [0.29, 0.717) is 6.61 Å². The highest BCUT2D eigenvalue weighted by molar-refractivity contribution is 5.98. The molecule has 2 N–H and O–H groups in total. The molecule has 1 aromatic heterocycles. The van der Waals surface area contributed by atoms with Crippen molar-refractivity contribution in [3.05, 3.63) is 35.0 Å². The predicted molar refractivity (Wildman–Crippen MR) is 66.7 cm³/mol. The largest absolute Gasteiger partial charge is 0.477 e. The number of aryl methyl sites for hydroxylation is 1. The number of hydrogen-bond donors (Lipinski definition) is 2. The van der Waals surface area contributed by atoms with Crippen molar-refractivity contribution in [3.8, 4) is 0 Å². The molecule has 0 aliphatic carbocycles. The fraction of sp³-hybridized carbons (Fsp3) is 0.308. The van der Waals surface area contributed by atoms with E-state index in [0.717, 1.165) is 22.0 Å². The van der Waals surface area contributed by atoms with Gasteiger partial charge < -0.3 is 19.6 Å². The van der Waals surface area contributed by atoms with Crippen LogP contribution in [0.1, 0.15) is 21.6 Å². The number of methoxy groups -OCH3 is 1. The normalized spacial score (nSPS) is 11.0. The van der Waals surface area contributed by atoms with Crippen molar-refractivity contribution in [2.45, 2.75) is 13.5 Å². The van der Waals surface area contributed by atoms with E-state index in [1.807, 2.05) is 18.2 Å². The Hall–Kier alpha value is -1.85. The second kappa shape index (κ2) is 5.20. The molecule has 1 aromatic carbocycles. The third-order valence-electron chi connectivity index (χ3n) is 2.83. The maximum Gasteiger partial charge on any atom is 0.352 e. The van der Waals surface area contributed by atoms with E-state index in [4.69, 9.17) is 14.6 Å². The van der Waals surface area contributed by atoms with Crippen LogP contribution in [0.5, 0.6) is 0 Å². The first-order chi connectivity index (χ1) is 8.65. The summed E-state index contributed by atoms with van der Waals surface area (Å²) in [6, 6.07) is 5.65. The summed E-state index contributed by atoms with van der Waals surface area (Å²) in [6.07, 6.45) is 0. The molecule has 0 aliphatic heterocycles. The number of benzene rings is 1. The van der Waals surface area contributed by atoms with Crippen molar-refractivity contribution in [3.63, 3.8) is 0 Å². The molecule has 0 saturated heterocycles. The summed E-state index contributed by atoms with van der Waals surface area (Å²) in [5, 5.41) is 10.00. The fourth-order valence-electron chi connectivity index (χ4n) is 2.07. The minimum Gasteiger partial charge on any atom is -0.477 e. The lowest BCUT2D eigenvalue weighted by molar-refractivity contribution is -0.0387. The second-order valence-corrected chi connectivity index (χ2v) is 4.02. The Bertz CT molecular complexity index is 574. The lowest BCUT2D eigenvalue weighted by Gasteiger charge is -2.05. The van der Waals surface area contributed by atoms with Crippen LogP contribution in [0.25, 0.3) is 10.9 Å². The number of aromatic nitrogens is 1. The van der Waals surface area contributed by atoms with Crippen LogP contribution in [0.15, 0.2) is 18.2 Å². The number of aromatic amines is 1. The number of hydrogen-bond acceptors (Lipinski definition) is 3. The molecule has 0 fully saturated rings. The number of carboxylic acid groups (broad SMARTS) is 1. The quantitative estimate of drug-likeness (QED) is 0.630. The van der Waals surface area contributed by atoms with Gasteiger partial charge in [-0.3, -0.25) is 0 Å². The highest BCUT2D eigenvalue weighted by Crippen LogP contribution is 2.26. The molecule has 0 atom stereocenters. The monoisotopic (exact) mass is 249 g/mol. The molecule has 5 heteroatoms. The van der Waals surface area contributed by atoms with Crippen molar-refractivity contribution in [2.75, 3.05) is 13.9 Å². The predicted octanol–water partition coefficient (Wildman–Crippen LogP) is 2.30. The Balaban J connectivity index is 2.44. The molecule has 18 heavy (non-hydrogen) atoms. The van der Waals surface area contributed by atoms with E-state index < -0.39 is 5.97 Å². The molecule has 0 saturated carbocycles. The van der Waals surface area contributed by atoms with Gasteiger partial charge >= 0.3 is 5.97 Å². The van der Waals surface area contributed by atoms with E-state index in [1.54, 1.807) is 14.0 Å². The van der Waals surface area contributed by atoms with Gasteiger partial charge in [0.05, 0.1) is 6.61 Å². The maximum atomic E-state index is 11.1. The van der Waals surface area contributed by atoms with E-state index in [1.165, 1.54) is 0 Å². The zero-order valence-corrected chi connectivity index (χ0v) is 10.3. The minimum atomic E-state index is -0.951. The first kappa shape index (κ1) is 12.6. The first-order valence-electron chi connectivity index (χ1n) is 5.55. The third kappa shape index (κ3) is 2.23. The topological polar surface area (TPSA) is 71.5 Å². The lowest BCUT2D eigenvalue weighted by Crippen LogP contribution is -1.99. The molecule has 96 valence electrons. The molecule has 0 aliphatic rings. The number of rotatable bonds is 5. The van der Waals surface area contributed by atoms with Gasteiger partial charge in [0, 0.05) is 18.0 Å². The minimum absolute atomic E-state index is 0.214. The number of carbonyl (C=O) groups is 1.